The number of amides is 1. The maximum atomic E-state index is 13.1. The zero-order valence-electron chi connectivity index (χ0n) is 18.0. The van der Waals surface area contributed by atoms with Gasteiger partial charge in [-0.15, -0.1) is 0 Å². The molecule has 0 aliphatic carbocycles. The number of rotatable bonds is 3. The summed E-state index contributed by atoms with van der Waals surface area (Å²) < 4.78 is 0. The van der Waals surface area contributed by atoms with Gasteiger partial charge in [0.1, 0.15) is 11.6 Å². The second-order valence-corrected chi connectivity index (χ2v) is 9.17. The summed E-state index contributed by atoms with van der Waals surface area (Å²) in [6.07, 6.45) is 1.56. The maximum absolute atomic E-state index is 13.1. The van der Waals surface area contributed by atoms with E-state index >= 15 is 0 Å². The molecular formula is C26H23ClN2O3. The van der Waals surface area contributed by atoms with Crippen LogP contribution in [0.4, 0.5) is 5.82 Å². The van der Waals surface area contributed by atoms with Gasteiger partial charge in [0.2, 0.25) is 0 Å². The SMILES string of the molecule is CC(C)(C)c1ccc(C2/C(=C(\O)c3ccc(Cl)cc3)C(=O)C(=O)N2c2ccccn2)cc1. The summed E-state index contributed by atoms with van der Waals surface area (Å²) in [6.45, 7) is 6.34. The van der Waals surface area contributed by atoms with Crippen LogP contribution in [0.5, 0.6) is 0 Å². The Hall–Kier alpha value is -3.44. The third kappa shape index (κ3) is 3.92. The van der Waals surface area contributed by atoms with Crippen LogP contribution in [-0.2, 0) is 15.0 Å². The number of aliphatic hydroxyl groups excluding tert-OH is 1. The molecule has 2 heterocycles. The molecule has 1 aromatic heterocycles. The van der Waals surface area contributed by atoms with Crippen molar-refractivity contribution >= 4 is 34.9 Å². The molecule has 2 aromatic carbocycles. The van der Waals surface area contributed by atoms with E-state index in [1.54, 1.807) is 48.7 Å². The van der Waals surface area contributed by atoms with Crippen molar-refractivity contribution < 1.29 is 14.7 Å². The summed E-state index contributed by atoms with van der Waals surface area (Å²) in [7, 11) is 0. The molecule has 1 aliphatic heterocycles. The van der Waals surface area contributed by atoms with Gasteiger partial charge in [-0.05, 0) is 52.9 Å². The standard InChI is InChI=1S/C26H23ClN2O3/c1-26(2,3)18-11-7-16(8-12-18)22-21(23(30)17-9-13-19(27)14-10-17)24(31)25(32)29(22)20-6-4-5-15-28-20/h4-15,22,30H,1-3H3/b23-21+. The Morgan fingerprint density at radius 2 is 1.62 bits per heavy atom. The number of benzene rings is 2. The highest BCUT2D eigenvalue weighted by molar-refractivity contribution is 6.51. The van der Waals surface area contributed by atoms with E-state index in [2.05, 4.69) is 25.8 Å². The number of carbonyl (C=O) groups excluding carboxylic acids is 2. The third-order valence-electron chi connectivity index (χ3n) is 5.55. The molecule has 0 saturated carbocycles. The van der Waals surface area contributed by atoms with E-state index < -0.39 is 17.7 Å². The number of pyridine rings is 1. The Morgan fingerprint density at radius 3 is 2.19 bits per heavy atom. The van der Waals surface area contributed by atoms with E-state index in [0.29, 0.717) is 22.0 Å². The summed E-state index contributed by atoms with van der Waals surface area (Å²) in [6, 6.07) is 18.6. The van der Waals surface area contributed by atoms with Gasteiger partial charge in [-0.3, -0.25) is 14.5 Å². The van der Waals surface area contributed by atoms with Gasteiger partial charge in [-0.2, -0.15) is 0 Å². The molecule has 32 heavy (non-hydrogen) atoms. The van der Waals surface area contributed by atoms with Crippen molar-refractivity contribution in [3.63, 3.8) is 0 Å². The van der Waals surface area contributed by atoms with E-state index in [1.807, 2.05) is 24.3 Å². The Balaban J connectivity index is 1.91. The number of hydrogen-bond acceptors (Lipinski definition) is 4. The van der Waals surface area contributed by atoms with Gasteiger partial charge in [-0.25, -0.2) is 4.98 Å². The number of carbonyl (C=O) groups is 2. The molecule has 1 aliphatic rings. The molecule has 162 valence electrons. The first-order valence-electron chi connectivity index (χ1n) is 10.3. The van der Waals surface area contributed by atoms with Crippen molar-refractivity contribution in [2.45, 2.75) is 32.2 Å². The number of ketones is 1. The molecule has 0 bridgehead atoms. The molecule has 1 unspecified atom stereocenters. The number of aliphatic hydroxyl groups is 1. The fourth-order valence-corrected chi connectivity index (χ4v) is 3.94. The molecule has 1 amide bonds. The predicted octanol–water partition coefficient (Wildman–Crippen LogP) is 5.66. The zero-order chi connectivity index (χ0) is 23.0. The molecule has 3 aromatic rings. The van der Waals surface area contributed by atoms with Gasteiger partial charge in [-0.1, -0.05) is 62.7 Å². The largest absolute Gasteiger partial charge is 0.507 e. The normalized spacial score (nSPS) is 18.2. The number of halogens is 1. The van der Waals surface area contributed by atoms with Crippen LogP contribution in [0, 0.1) is 0 Å². The lowest BCUT2D eigenvalue weighted by molar-refractivity contribution is -0.132. The highest BCUT2D eigenvalue weighted by Crippen LogP contribution is 2.42. The predicted molar refractivity (Wildman–Crippen MR) is 126 cm³/mol. The van der Waals surface area contributed by atoms with Crippen LogP contribution >= 0.6 is 11.6 Å². The topological polar surface area (TPSA) is 70.5 Å². The lowest BCUT2D eigenvalue weighted by Crippen LogP contribution is -2.30. The van der Waals surface area contributed by atoms with Gasteiger partial charge in [0.25, 0.3) is 5.78 Å². The molecule has 6 heteroatoms. The molecule has 0 radical (unpaired) electrons. The van der Waals surface area contributed by atoms with Crippen LogP contribution in [-0.4, -0.2) is 21.8 Å². The van der Waals surface area contributed by atoms with Crippen LogP contribution in [0.2, 0.25) is 5.02 Å². The molecule has 4 rings (SSSR count). The van der Waals surface area contributed by atoms with Crippen molar-refractivity contribution in [1.29, 1.82) is 0 Å². The number of aromatic nitrogens is 1. The van der Waals surface area contributed by atoms with Crippen molar-refractivity contribution in [3.05, 3.63) is 100 Å². The first kappa shape index (κ1) is 21.8. The van der Waals surface area contributed by atoms with Gasteiger partial charge < -0.3 is 5.11 Å². The Labute approximate surface area is 192 Å². The summed E-state index contributed by atoms with van der Waals surface area (Å²) in [4.78, 5) is 31.8. The molecule has 1 saturated heterocycles. The van der Waals surface area contributed by atoms with Gasteiger partial charge in [0.05, 0.1) is 11.6 Å². The van der Waals surface area contributed by atoms with Crippen LogP contribution < -0.4 is 4.90 Å². The first-order valence-corrected chi connectivity index (χ1v) is 10.6. The fraction of sp³-hybridized carbons (Fsp3) is 0.192. The second kappa shape index (κ2) is 8.24. The monoisotopic (exact) mass is 446 g/mol. The number of nitrogens with zero attached hydrogens (tertiary/aromatic N) is 2. The smallest absolute Gasteiger partial charge is 0.301 e. The van der Waals surface area contributed by atoms with Gasteiger partial charge in [0.15, 0.2) is 0 Å². The van der Waals surface area contributed by atoms with Gasteiger partial charge >= 0.3 is 5.91 Å². The lowest BCUT2D eigenvalue weighted by atomic mass is 9.85. The van der Waals surface area contributed by atoms with Crippen molar-refractivity contribution in [3.8, 4) is 0 Å². The van der Waals surface area contributed by atoms with E-state index in [0.717, 1.165) is 5.56 Å². The molecule has 5 nitrogen and oxygen atoms in total. The number of hydrogen-bond donors (Lipinski definition) is 1. The molecule has 1 fully saturated rings. The minimum absolute atomic E-state index is 0.0199. The number of anilines is 1. The first-order chi connectivity index (χ1) is 15.2. The second-order valence-electron chi connectivity index (χ2n) is 8.74. The van der Waals surface area contributed by atoms with E-state index in [9.17, 15) is 14.7 Å². The number of Topliss-reactive ketones (excluding diaryl/α,β-unsaturated/α-hetero) is 1. The average molecular weight is 447 g/mol. The zero-order valence-corrected chi connectivity index (χ0v) is 18.8. The minimum atomic E-state index is -0.811. The lowest BCUT2D eigenvalue weighted by Gasteiger charge is -2.25. The quantitative estimate of drug-likeness (QED) is 0.320. The van der Waals surface area contributed by atoms with E-state index in [1.165, 1.54) is 4.90 Å². The third-order valence-corrected chi connectivity index (χ3v) is 5.80. The average Bonchev–Trinajstić information content (AvgIpc) is 3.04. The van der Waals surface area contributed by atoms with Crippen molar-refractivity contribution in [2.75, 3.05) is 4.90 Å². The van der Waals surface area contributed by atoms with E-state index in [4.69, 9.17) is 11.6 Å². The summed E-state index contributed by atoms with van der Waals surface area (Å²) >= 11 is 5.97. The maximum Gasteiger partial charge on any atom is 0.301 e. The summed E-state index contributed by atoms with van der Waals surface area (Å²) in [5, 5.41) is 11.6. The van der Waals surface area contributed by atoms with Crippen molar-refractivity contribution in [1.82, 2.24) is 4.98 Å². The van der Waals surface area contributed by atoms with Crippen LogP contribution in [0.1, 0.15) is 43.5 Å². The van der Waals surface area contributed by atoms with Crippen LogP contribution in [0.15, 0.2) is 78.5 Å². The van der Waals surface area contributed by atoms with Crippen molar-refractivity contribution in [2.24, 2.45) is 0 Å². The molecular weight excluding hydrogens is 424 g/mol. The Kier molecular flexibility index (Phi) is 5.61. The molecule has 0 spiro atoms. The highest BCUT2D eigenvalue weighted by atomic mass is 35.5. The molecule has 1 N–H and O–H groups in total. The highest BCUT2D eigenvalue weighted by Gasteiger charge is 2.47. The summed E-state index contributed by atoms with van der Waals surface area (Å²) in [5.74, 6) is -1.39. The van der Waals surface area contributed by atoms with Crippen LogP contribution in [0.3, 0.4) is 0 Å². The Morgan fingerprint density at radius 1 is 0.969 bits per heavy atom. The Bertz CT molecular complexity index is 1190. The fourth-order valence-electron chi connectivity index (χ4n) is 3.81. The van der Waals surface area contributed by atoms with Gasteiger partial charge in [0, 0.05) is 16.8 Å². The summed E-state index contributed by atoms with van der Waals surface area (Å²) in [5.41, 5.74) is 2.20. The minimum Gasteiger partial charge on any atom is -0.507 e. The molecule has 1 atom stereocenters. The van der Waals surface area contributed by atoms with E-state index in [-0.39, 0.29) is 16.7 Å². The van der Waals surface area contributed by atoms with Crippen LogP contribution in [0.25, 0.3) is 5.76 Å².